The highest BCUT2D eigenvalue weighted by molar-refractivity contribution is 5.99. The first-order chi connectivity index (χ1) is 15.7. The maximum Gasteiger partial charge on any atom is 0.189 e. The van der Waals surface area contributed by atoms with Crippen molar-refractivity contribution in [3.05, 3.63) is 71.8 Å². The first kappa shape index (κ1) is 22.9. The zero-order valence-electron chi connectivity index (χ0n) is 18.2. The third kappa shape index (κ3) is 4.35. The van der Waals surface area contributed by atoms with E-state index in [0.29, 0.717) is 16.8 Å². The number of anilines is 1. The Morgan fingerprint density at radius 2 is 1.97 bits per heavy atom. The number of nitrogens with two attached hydrogens (primary N) is 1. The van der Waals surface area contributed by atoms with E-state index in [1.807, 2.05) is 30.3 Å². The lowest BCUT2D eigenvalue weighted by atomic mass is 9.82. The fourth-order valence-electron chi connectivity index (χ4n) is 3.88. The van der Waals surface area contributed by atoms with Gasteiger partial charge in [-0.2, -0.15) is 0 Å². The number of ketones is 1. The molecular formula is C24H25FN4O4. The lowest BCUT2D eigenvalue weighted by molar-refractivity contribution is -0.245. The summed E-state index contributed by atoms with van der Waals surface area (Å²) in [7, 11) is 0. The fraction of sp³-hybridized carbons (Fsp3) is 0.333. The van der Waals surface area contributed by atoms with E-state index in [2.05, 4.69) is 15.0 Å². The first-order valence-corrected chi connectivity index (χ1v) is 10.5. The number of benzene rings is 1. The number of Topliss-reactive ketones (excluding diaryl/α,β-unsaturated/α-hetero) is 1. The summed E-state index contributed by atoms with van der Waals surface area (Å²) < 4.78 is 20.8. The fourth-order valence-corrected chi connectivity index (χ4v) is 3.88. The molecule has 0 aliphatic carbocycles. The highest BCUT2D eigenvalue weighted by Crippen LogP contribution is 2.40. The SMILES string of the molecule is C[C@@H]1O[C@H](c2ccncc2CC(=O)c2nc(-c3ccccc3)cnc2N)[C@@H](F)[C@H](O)[C@@]1(C)O. The van der Waals surface area contributed by atoms with Gasteiger partial charge >= 0.3 is 0 Å². The van der Waals surface area contributed by atoms with E-state index in [9.17, 15) is 15.0 Å². The van der Waals surface area contributed by atoms with Gasteiger partial charge in [-0.3, -0.25) is 9.78 Å². The number of carbonyl (C=O) groups is 1. The van der Waals surface area contributed by atoms with Gasteiger partial charge in [0.2, 0.25) is 0 Å². The summed E-state index contributed by atoms with van der Waals surface area (Å²) in [6, 6.07) is 10.8. The number of ether oxygens (including phenoxy) is 1. The van der Waals surface area contributed by atoms with E-state index in [1.54, 1.807) is 6.92 Å². The monoisotopic (exact) mass is 452 g/mol. The van der Waals surface area contributed by atoms with E-state index < -0.39 is 35.9 Å². The molecule has 1 aliphatic rings. The summed E-state index contributed by atoms with van der Waals surface area (Å²) in [5, 5.41) is 20.7. The normalized spacial score (nSPS) is 27.3. The van der Waals surface area contributed by atoms with Crippen LogP contribution in [0.15, 0.2) is 55.0 Å². The highest BCUT2D eigenvalue weighted by atomic mass is 19.1. The molecule has 8 nitrogen and oxygen atoms in total. The smallest absolute Gasteiger partial charge is 0.189 e. The molecule has 2 aromatic heterocycles. The molecule has 172 valence electrons. The molecule has 33 heavy (non-hydrogen) atoms. The molecule has 0 unspecified atom stereocenters. The number of halogens is 1. The van der Waals surface area contributed by atoms with Crippen molar-refractivity contribution in [1.29, 1.82) is 0 Å². The van der Waals surface area contributed by atoms with E-state index >= 15 is 4.39 Å². The lowest BCUT2D eigenvalue weighted by Crippen LogP contribution is -2.59. The summed E-state index contributed by atoms with van der Waals surface area (Å²) in [6.07, 6.45) is -1.37. The Bertz CT molecular complexity index is 1160. The standard InChI is InChI=1S/C24H25FN4O4/c1-13-24(2,32)22(31)19(25)21(33-13)16-8-9-27-11-15(16)10-18(30)20-23(26)28-12-17(29-20)14-6-4-3-5-7-14/h3-9,11-13,19,21-22,31-32H,10H2,1-2H3,(H2,26,28)/t13-,19+,21+,22-,24-/m0/s1. The van der Waals surface area contributed by atoms with Crippen LogP contribution in [0.1, 0.15) is 41.6 Å². The molecule has 4 N–H and O–H groups in total. The van der Waals surface area contributed by atoms with Crippen molar-refractivity contribution in [2.75, 3.05) is 5.73 Å². The molecule has 1 saturated heterocycles. The van der Waals surface area contributed by atoms with E-state index in [-0.39, 0.29) is 17.9 Å². The quantitative estimate of drug-likeness (QED) is 0.503. The number of carbonyl (C=O) groups excluding carboxylic acids is 1. The zero-order chi connectivity index (χ0) is 23.8. The third-order valence-corrected chi connectivity index (χ3v) is 6.10. The number of aromatic nitrogens is 3. The number of pyridine rings is 1. The topological polar surface area (TPSA) is 131 Å². The van der Waals surface area contributed by atoms with Crippen molar-refractivity contribution in [3.8, 4) is 11.3 Å². The Morgan fingerprint density at radius 1 is 1.24 bits per heavy atom. The second-order valence-electron chi connectivity index (χ2n) is 8.34. The Hall–Kier alpha value is -3.27. The van der Waals surface area contributed by atoms with Crippen LogP contribution in [0.4, 0.5) is 10.2 Å². The second-order valence-corrected chi connectivity index (χ2v) is 8.34. The van der Waals surface area contributed by atoms with Crippen LogP contribution >= 0.6 is 0 Å². The van der Waals surface area contributed by atoms with E-state index in [0.717, 1.165) is 5.56 Å². The summed E-state index contributed by atoms with van der Waals surface area (Å²) in [6.45, 7) is 2.88. The van der Waals surface area contributed by atoms with Gasteiger partial charge in [-0.05, 0) is 31.0 Å². The van der Waals surface area contributed by atoms with E-state index in [4.69, 9.17) is 10.5 Å². The molecular weight excluding hydrogens is 427 g/mol. The second kappa shape index (κ2) is 8.93. The molecule has 4 rings (SSSR count). The van der Waals surface area contributed by atoms with Crippen LogP contribution in [0.25, 0.3) is 11.3 Å². The predicted molar refractivity (Wildman–Crippen MR) is 119 cm³/mol. The summed E-state index contributed by atoms with van der Waals surface area (Å²) in [5.74, 6) is -0.429. The number of aliphatic hydroxyl groups excluding tert-OH is 1. The van der Waals surface area contributed by atoms with Gasteiger partial charge < -0.3 is 20.7 Å². The van der Waals surface area contributed by atoms with Crippen molar-refractivity contribution in [2.24, 2.45) is 0 Å². The summed E-state index contributed by atoms with van der Waals surface area (Å²) in [4.78, 5) is 25.7. The third-order valence-electron chi connectivity index (χ3n) is 6.10. The van der Waals surface area contributed by atoms with Gasteiger partial charge in [-0.15, -0.1) is 0 Å². The molecule has 0 saturated carbocycles. The van der Waals surface area contributed by atoms with E-state index in [1.165, 1.54) is 31.6 Å². The van der Waals surface area contributed by atoms with Gasteiger partial charge in [-0.25, -0.2) is 14.4 Å². The maximum atomic E-state index is 15.1. The molecule has 3 aromatic rings. The Morgan fingerprint density at radius 3 is 2.70 bits per heavy atom. The molecule has 0 spiro atoms. The molecule has 1 fully saturated rings. The van der Waals surface area contributed by atoms with Gasteiger partial charge in [-0.1, -0.05) is 30.3 Å². The maximum absolute atomic E-state index is 15.1. The van der Waals surface area contributed by atoms with Crippen molar-refractivity contribution >= 4 is 11.6 Å². The van der Waals surface area contributed by atoms with Crippen LogP contribution in [0, 0.1) is 0 Å². The molecule has 3 heterocycles. The van der Waals surface area contributed by atoms with Crippen LogP contribution in [0.3, 0.4) is 0 Å². The molecule has 1 aliphatic heterocycles. The molecule has 0 bridgehead atoms. The van der Waals surface area contributed by atoms with Crippen LogP contribution in [-0.4, -0.2) is 54.9 Å². The number of hydrogen-bond donors (Lipinski definition) is 3. The van der Waals surface area contributed by atoms with Gasteiger partial charge in [0, 0.05) is 24.4 Å². The van der Waals surface area contributed by atoms with Crippen LogP contribution in [0.5, 0.6) is 0 Å². The largest absolute Gasteiger partial charge is 0.387 e. The number of aliphatic hydroxyl groups is 2. The Balaban J connectivity index is 1.64. The average Bonchev–Trinajstić information content (AvgIpc) is 2.82. The molecule has 0 radical (unpaired) electrons. The van der Waals surface area contributed by atoms with Gasteiger partial charge in [0.1, 0.15) is 23.5 Å². The number of rotatable bonds is 5. The average molecular weight is 452 g/mol. The van der Waals surface area contributed by atoms with Crippen LogP contribution < -0.4 is 5.73 Å². The molecule has 9 heteroatoms. The van der Waals surface area contributed by atoms with Crippen molar-refractivity contribution in [3.63, 3.8) is 0 Å². The molecule has 0 amide bonds. The molecule has 5 atom stereocenters. The minimum atomic E-state index is -1.90. The summed E-state index contributed by atoms with van der Waals surface area (Å²) >= 11 is 0. The first-order valence-electron chi connectivity index (χ1n) is 10.5. The van der Waals surface area contributed by atoms with Gasteiger partial charge in [0.05, 0.1) is 18.0 Å². The molecule has 1 aromatic carbocycles. The van der Waals surface area contributed by atoms with Crippen LogP contribution in [-0.2, 0) is 11.2 Å². The highest BCUT2D eigenvalue weighted by Gasteiger charge is 2.51. The number of nitrogen functional groups attached to an aromatic ring is 1. The number of nitrogens with zero attached hydrogens (tertiary/aromatic N) is 3. The van der Waals surface area contributed by atoms with Gasteiger partial charge in [0.25, 0.3) is 0 Å². The van der Waals surface area contributed by atoms with Crippen molar-refractivity contribution in [1.82, 2.24) is 15.0 Å². The predicted octanol–water partition coefficient (Wildman–Crippen LogP) is 2.46. The minimum absolute atomic E-state index is 0.00357. The minimum Gasteiger partial charge on any atom is -0.387 e. The summed E-state index contributed by atoms with van der Waals surface area (Å²) in [5.41, 5.74) is 6.24. The number of alkyl halides is 1. The Kier molecular flexibility index (Phi) is 6.20. The Labute approximate surface area is 190 Å². The number of hydrogen-bond acceptors (Lipinski definition) is 8. The van der Waals surface area contributed by atoms with Crippen molar-refractivity contribution < 1.29 is 24.1 Å². The lowest BCUT2D eigenvalue weighted by Gasteiger charge is -2.45. The van der Waals surface area contributed by atoms with Gasteiger partial charge in [0.15, 0.2) is 17.8 Å². The van der Waals surface area contributed by atoms with Crippen molar-refractivity contribution in [2.45, 2.75) is 50.4 Å². The van der Waals surface area contributed by atoms with Crippen LogP contribution in [0.2, 0.25) is 0 Å². The zero-order valence-corrected chi connectivity index (χ0v) is 18.2.